The lowest BCUT2D eigenvalue weighted by molar-refractivity contribution is -0.137. The number of carbonyl (C=O) groups is 1. The van der Waals surface area contributed by atoms with Crippen LogP contribution in [0.15, 0.2) is 28.8 Å². The number of aliphatic carboxylic acids is 1. The van der Waals surface area contributed by atoms with Gasteiger partial charge in [0.1, 0.15) is 0 Å². The fourth-order valence-electron chi connectivity index (χ4n) is 1.42. The summed E-state index contributed by atoms with van der Waals surface area (Å²) >= 11 is 11.7. The minimum Gasteiger partial charge on any atom is -0.481 e. The molecule has 0 radical (unpaired) electrons. The predicted molar refractivity (Wildman–Crippen MR) is 67.9 cm³/mol. The number of benzene rings is 1. The van der Waals surface area contributed by atoms with E-state index in [-0.39, 0.29) is 12.8 Å². The van der Waals surface area contributed by atoms with Crippen molar-refractivity contribution in [3.63, 3.8) is 0 Å². The molecule has 4 nitrogen and oxygen atoms in total. The largest absolute Gasteiger partial charge is 0.481 e. The zero-order valence-electron chi connectivity index (χ0n) is 9.19. The van der Waals surface area contributed by atoms with Gasteiger partial charge >= 0.3 is 5.97 Å². The van der Waals surface area contributed by atoms with Gasteiger partial charge in [0, 0.05) is 12.0 Å². The minimum atomic E-state index is -0.885. The average Bonchev–Trinajstić information content (AvgIpc) is 2.79. The highest BCUT2D eigenvalue weighted by Gasteiger charge is 2.09. The van der Waals surface area contributed by atoms with E-state index in [0.717, 1.165) is 5.56 Å². The summed E-state index contributed by atoms with van der Waals surface area (Å²) < 4.78 is 5.44. The highest BCUT2D eigenvalue weighted by molar-refractivity contribution is 6.42. The van der Waals surface area contributed by atoms with Crippen molar-refractivity contribution in [1.82, 2.24) is 4.98 Å². The Kier molecular flexibility index (Phi) is 3.89. The van der Waals surface area contributed by atoms with Crippen LogP contribution < -0.4 is 0 Å². The Morgan fingerprint density at radius 3 is 2.78 bits per heavy atom. The topological polar surface area (TPSA) is 63.3 Å². The molecule has 1 heterocycles. The minimum absolute atomic E-state index is 0.0126. The van der Waals surface area contributed by atoms with E-state index < -0.39 is 5.97 Å². The van der Waals surface area contributed by atoms with Crippen LogP contribution in [0.4, 0.5) is 0 Å². The van der Waals surface area contributed by atoms with E-state index in [1.165, 1.54) is 6.20 Å². The van der Waals surface area contributed by atoms with Crippen molar-refractivity contribution in [2.75, 3.05) is 0 Å². The normalized spacial score (nSPS) is 10.6. The van der Waals surface area contributed by atoms with Crippen LogP contribution in [0.2, 0.25) is 10.0 Å². The maximum Gasteiger partial charge on any atom is 0.303 e. The van der Waals surface area contributed by atoms with E-state index >= 15 is 0 Å². The molecule has 0 aliphatic rings. The van der Waals surface area contributed by atoms with Crippen LogP contribution in [0.3, 0.4) is 0 Å². The van der Waals surface area contributed by atoms with Gasteiger partial charge in [-0.1, -0.05) is 23.2 Å². The fourth-order valence-corrected chi connectivity index (χ4v) is 1.72. The summed E-state index contributed by atoms with van der Waals surface area (Å²) in [5.74, 6) is 0.0386. The SMILES string of the molecule is O=C(O)CCc1ncc(-c2ccc(Cl)c(Cl)c2)o1. The molecule has 1 N–H and O–H groups in total. The van der Waals surface area contributed by atoms with Crippen molar-refractivity contribution in [2.24, 2.45) is 0 Å². The Hall–Kier alpha value is -1.52. The van der Waals surface area contributed by atoms with E-state index in [1.807, 2.05) is 0 Å². The van der Waals surface area contributed by atoms with E-state index in [1.54, 1.807) is 18.2 Å². The van der Waals surface area contributed by atoms with Gasteiger partial charge in [0.15, 0.2) is 11.7 Å². The maximum atomic E-state index is 10.4. The predicted octanol–water partition coefficient (Wildman–Crippen LogP) is 3.67. The third-order valence-corrected chi connectivity index (χ3v) is 3.05. The number of halogens is 2. The first-order valence-corrected chi connectivity index (χ1v) is 5.94. The van der Waals surface area contributed by atoms with Crippen LogP contribution in [-0.4, -0.2) is 16.1 Å². The number of hydrogen-bond donors (Lipinski definition) is 1. The lowest BCUT2D eigenvalue weighted by atomic mass is 10.2. The Morgan fingerprint density at radius 1 is 1.33 bits per heavy atom. The standard InChI is InChI=1S/C12H9Cl2NO3/c13-8-2-1-7(5-9(8)14)10-6-15-11(18-10)3-4-12(16)17/h1-2,5-6H,3-4H2,(H,16,17). The van der Waals surface area contributed by atoms with Crippen molar-refractivity contribution in [1.29, 1.82) is 0 Å². The third kappa shape index (κ3) is 3.03. The Balaban J connectivity index is 2.18. The fraction of sp³-hybridized carbons (Fsp3) is 0.167. The van der Waals surface area contributed by atoms with Crippen molar-refractivity contribution >= 4 is 29.2 Å². The average molecular weight is 286 g/mol. The molecule has 0 amide bonds. The lowest BCUT2D eigenvalue weighted by Gasteiger charge is -1.99. The van der Waals surface area contributed by atoms with Gasteiger partial charge in [-0.15, -0.1) is 0 Å². The van der Waals surface area contributed by atoms with E-state index in [4.69, 9.17) is 32.7 Å². The van der Waals surface area contributed by atoms with Crippen LogP contribution in [-0.2, 0) is 11.2 Å². The first-order valence-electron chi connectivity index (χ1n) is 5.18. The van der Waals surface area contributed by atoms with Crippen LogP contribution in [0.1, 0.15) is 12.3 Å². The zero-order chi connectivity index (χ0) is 13.1. The number of oxazole rings is 1. The second kappa shape index (κ2) is 5.42. The summed E-state index contributed by atoms with van der Waals surface area (Å²) in [5, 5.41) is 9.46. The first kappa shape index (κ1) is 12.9. The van der Waals surface area contributed by atoms with Gasteiger partial charge in [-0.05, 0) is 18.2 Å². The smallest absolute Gasteiger partial charge is 0.303 e. The number of carboxylic acid groups (broad SMARTS) is 1. The second-order valence-corrected chi connectivity index (χ2v) is 4.46. The van der Waals surface area contributed by atoms with Crippen molar-refractivity contribution in [3.8, 4) is 11.3 Å². The number of nitrogens with zero attached hydrogens (tertiary/aromatic N) is 1. The number of aromatic nitrogens is 1. The molecule has 0 saturated heterocycles. The highest BCUT2D eigenvalue weighted by atomic mass is 35.5. The van der Waals surface area contributed by atoms with Gasteiger partial charge in [0.2, 0.25) is 0 Å². The number of hydrogen-bond acceptors (Lipinski definition) is 3. The van der Waals surface area contributed by atoms with Gasteiger partial charge in [0.05, 0.1) is 22.7 Å². The molecule has 18 heavy (non-hydrogen) atoms. The summed E-state index contributed by atoms with van der Waals surface area (Å²) in [7, 11) is 0. The van der Waals surface area contributed by atoms with Crippen molar-refractivity contribution in [2.45, 2.75) is 12.8 Å². The number of rotatable bonds is 4. The molecular formula is C12H9Cl2NO3. The van der Waals surface area contributed by atoms with Crippen LogP contribution in [0.25, 0.3) is 11.3 Å². The Morgan fingerprint density at radius 2 is 2.11 bits per heavy atom. The zero-order valence-corrected chi connectivity index (χ0v) is 10.7. The summed E-state index contributed by atoms with van der Waals surface area (Å²) in [6.07, 6.45) is 1.79. The molecule has 1 aromatic heterocycles. The molecular weight excluding hydrogens is 277 g/mol. The first-order chi connectivity index (χ1) is 8.56. The van der Waals surface area contributed by atoms with Crippen molar-refractivity contribution in [3.05, 3.63) is 40.3 Å². The summed E-state index contributed by atoms with van der Waals surface area (Å²) in [4.78, 5) is 14.4. The molecule has 0 bridgehead atoms. The summed E-state index contributed by atoms with van der Waals surface area (Å²) in [5.41, 5.74) is 0.749. The van der Waals surface area contributed by atoms with E-state index in [2.05, 4.69) is 4.98 Å². The maximum absolute atomic E-state index is 10.4. The molecule has 0 atom stereocenters. The number of carboxylic acids is 1. The molecule has 0 unspecified atom stereocenters. The van der Waals surface area contributed by atoms with Crippen LogP contribution in [0, 0.1) is 0 Å². The van der Waals surface area contributed by atoms with Gasteiger partial charge in [-0.2, -0.15) is 0 Å². The molecule has 2 rings (SSSR count). The van der Waals surface area contributed by atoms with Gasteiger partial charge < -0.3 is 9.52 Å². The quantitative estimate of drug-likeness (QED) is 0.931. The highest BCUT2D eigenvalue weighted by Crippen LogP contribution is 2.28. The summed E-state index contributed by atoms with van der Waals surface area (Å²) in [6, 6.07) is 5.10. The van der Waals surface area contributed by atoms with E-state index in [0.29, 0.717) is 21.7 Å². The lowest BCUT2D eigenvalue weighted by Crippen LogP contribution is -1.97. The molecule has 6 heteroatoms. The number of aryl methyl sites for hydroxylation is 1. The third-order valence-electron chi connectivity index (χ3n) is 2.31. The summed E-state index contributed by atoms with van der Waals surface area (Å²) in [6.45, 7) is 0. The molecule has 94 valence electrons. The Labute approximate surface area is 113 Å². The molecule has 0 aliphatic heterocycles. The monoisotopic (exact) mass is 285 g/mol. The van der Waals surface area contributed by atoms with Gasteiger partial charge in [-0.25, -0.2) is 4.98 Å². The van der Waals surface area contributed by atoms with Crippen LogP contribution >= 0.6 is 23.2 Å². The Bertz CT molecular complexity index is 580. The van der Waals surface area contributed by atoms with Crippen molar-refractivity contribution < 1.29 is 14.3 Å². The molecule has 0 fully saturated rings. The van der Waals surface area contributed by atoms with E-state index in [9.17, 15) is 4.79 Å². The second-order valence-electron chi connectivity index (χ2n) is 3.64. The van der Waals surface area contributed by atoms with Gasteiger partial charge in [0.25, 0.3) is 0 Å². The molecule has 1 aromatic carbocycles. The molecule has 0 aliphatic carbocycles. The van der Waals surface area contributed by atoms with Gasteiger partial charge in [-0.3, -0.25) is 4.79 Å². The van der Waals surface area contributed by atoms with Crippen LogP contribution in [0.5, 0.6) is 0 Å². The molecule has 0 saturated carbocycles. The molecule has 0 spiro atoms. The molecule has 2 aromatic rings.